The van der Waals surface area contributed by atoms with E-state index in [1.807, 2.05) is 36.5 Å². The van der Waals surface area contributed by atoms with Crippen molar-refractivity contribution >= 4 is 39.5 Å². The Balaban J connectivity index is 5.50. The summed E-state index contributed by atoms with van der Waals surface area (Å²) in [5.74, 6) is -2.42. The van der Waals surface area contributed by atoms with Gasteiger partial charge in [-0.3, -0.25) is 37.3 Å². The lowest BCUT2D eigenvalue weighted by molar-refractivity contribution is -0.161. The third-order valence-corrected chi connectivity index (χ3v) is 17.5. The molecule has 17 nitrogen and oxygen atoms in total. The van der Waals surface area contributed by atoms with Gasteiger partial charge in [-0.15, -0.1) is 0 Å². The van der Waals surface area contributed by atoms with Crippen LogP contribution in [0.1, 0.15) is 272 Å². The summed E-state index contributed by atoms with van der Waals surface area (Å²) < 4.78 is 68.4. The molecule has 0 aromatic heterocycles. The van der Waals surface area contributed by atoms with Crippen LogP contribution in [0.2, 0.25) is 0 Å². The van der Waals surface area contributed by atoms with Gasteiger partial charge >= 0.3 is 39.5 Å². The van der Waals surface area contributed by atoms with E-state index in [1.54, 1.807) is 0 Å². The number of unbranched alkanes of at least 4 members (excludes halogenated alkanes) is 14. The fraction of sp³-hybridized carbons (Fsp3) is 0.586. The number of carbonyl (C=O) groups excluding carboxylic acids is 4. The average molecular weight is 1520 g/mol. The van der Waals surface area contributed by atoms with Crippen LogP contribution < -0.4 is 0 Å². The van der Waals surface area contributed by atoms with E-state index in [0.29, 0.717) is 38.5 Å². The van der Waals surface area contributed by atoms with Crippen molar-refractivity contribution in [3.05, 3.63) is 194 Å². The second-order valence-corrected chi connectivity index (χ2v) is 28.4. The number of hydrogen-bond acceptors (Lipinski definition) is 15. The first kappa shape index (κ1) is 99.9. The van der Waals surface area contributed by atoms with Crippen LogP contribution in [0.4, 0.5) is 0 Å². The summed E-state index contributed by atoms with van der Waals surface area (Å²) in [5, 5.41) is 10.6. The molecule has 0 saturated carbocycles. The van der Waals surface area contributed by atoms with Gasteiger partial charge in [-0.25, -0.2) is 9.13 Å². The predicted octanol–water partition coefficient (Wildman–Crippen LogP) is 23.3. The van der Waals surface area contributed by atoms with Crippen molar-refractivity contribution in [3.8, 4) is 0 Å². The molecule has 0 aliphatic heterocycles. The summed E-state index contributed by atoms with van der Waals surface area (Å²) >= 11 is 0. The van der Waals surface area contributed by atoms with Crippen molar-refractivity contribution < 1.29 is 80.2 Å². The zero-order valence-corrected chi connectivity index (χ0v) is 67.1. The average Bonchev–Trinajstić information content (AvgIpc) is 0.919. The highest BCUT2D eigenvalue weighted by Crippen LogP contribution is 2.45. The van der Waals surface area contributed by atoms with Crippen molar-refractivity contribution in [1.82, 2.24) is 0 Å². The van der Waals surface area contributed by atoms with E-state index in [-0.39, 0.29) is 25.7 Å². The summed E-state index contributed by atoms with van der Waals surface area (Å²) in [4.78, 5) is 72.9. The highest BCUT2D eigenvalue weighted by atomic mass is 31.2. The molecule has 0 bridgehead atoms. The number of phosphoric acid groups is 2. The molecular weight excluding hydrogens is 1380 g/mol. The molecule has 0 aromatic rings. The lowest BCUT2D eigenvalue weighted by atomic mass is 10.1. The minimum absolute atomic E-state index is 0.0216. The monoisotopic (exact) mass is 1520 g/mol. The summed E-state index contributed by atoms with van der Waals surface area (Å²) in [6.45, 7) is 4.29. The fourth-order valence-corrected chi connectivity index (χ4v) is 11.3. The van der Waals surface area contributed by atoms with Crippen molar-refractivity contribution in [2.45, 2.75) is 290 Å². The number of esters is 4. The van der Waals surface area contributed by atoms with Gasteiger partial charge in [0.2, 0.25) is 0 Å². The van der Waals surface area contributed by atoms with Gasteiger partial charge in [0.05, 0.1) is 26.4 Å². The van der Waals surface area contributed by atoms with Crippen LogP contribution in [0.15, 0.2) is 194 Å². The zero-order valence-electron chi connectivity index (χ0n) is 65.3. The zero-order chi connectivity index (χ0) is 77.4. The summed E-state index contributed by atoms with van der Waals surface area (Å²) in [6.07, 6.45) is 94.5. The molecule has 0 aliphatic rings. The molecule has 0 radical (unpaired) electrons. The predicted molar refractivity (Wildman–Crippen MR) is 436 cm³/mol. The Morgan fingerprint density at radius 2 is 0.509 bits per heavy atom. The topological polar surface area (TPSA) is 237 Å². The molecule has 19 heteroatoms. The van der Waals surface area contributed by atoms with E-state index < -0.39 is 97.5 Å². The SMILES string of the molecule is CC/C=C\C/C=C\C/C=C\C/C=C\C/C=C\C/C=C\CCC(=O)OCC(COP(=O)(O)OCC(O)COP(=O)(O)OCC(COC(=O)CC/C=C\C/C=C\C/C=C\C/C=C\C/C=C\C/C=C\CC)OC(=O)CCCCCCCCCCCCC)OC(=O)CCCCCC/C=C\C/C=C\C/C=C\C/C=C\CC. The van der Waals surface area contributed by atoms with Crippen LogP contribution in [-0.2, 0) is 65.4 Å². The fourth-order valence-electron chi connectivity index (χ4n) is 9.67. The van der Waals surface area contributed by atoms with Gasteiger partial charge in [0, 0.05) is 25.7 Å². The number of carbonyl (C=O) groups is 4. The van der Waals surface area contributed by atoms with Crippen molar-refractivity contribution in [1.29, 1.82) is 0 Å². The Bertz CT molecular complexity index is 2780. The van der Waals surface area contributed by atoms with Gasteiger partial charge in [-0.2, -0.15) is 0 Å². The van der Waals surface area contributed by atoms with Crippen LogP contribution in [0, 0.1) is 0 Å². The molecule has 0 amide bonds. The van der Waals surface area contributed by atoms with Gasteiger partial charge in [0.1, 0.15) is 19.3 Å². The first-order chi connectivity index (χ1) is 51.7. The van der Waals surface area contributed by atoms with Crippen LogP contribution in [0.25, 0.3) is 0 Å². The van der Waals surface area contributed by atoms with Crippen molar-refractivity contribution in [2.75, 3.05) is 39.6 Å². The molecule has 0 heterocycles. The van der Waals surface area contributed by atoms with Crippen molar-refractivity contribution in [3.63, 3.8) is 0 Å². The number of aliphatic hydroxyl groups excluding tert-OH is 1. The maximum absolute atomic E-state index is 13.1. The van der Waals surface area contributed by atoms with Gasteiger partial charge < -0.3 is 33.8 Å². The molecule has 5 atom stereocenters. The number of allylic oxidation sites excluding steroid dienone is 32. The maximum atomic E-state index is 13.1. The van der Waals surface area contributed by atoms with E-state index in [1.165, 1.54) is 38.5 Å². The first-order valence-corrected chi connectivity index (χ1v) is 42.7. The van der Waals surface area contributed by atoms with E-state index in [9.17, 15) is 43.2 Å². The molecular formula is C87H138O17P2. The summed E-state index contributed by atoms with van der Waals surface area (Å²) in [7, 11) is -10.0. The molecule has 5 unspecified atom stereocenters. The minimum atomic E-state index is -5.01. The Kier molecular flexibility index (Phi) is 72.6. The Hall–Kier alpha value is -6.10. The lowest BCUT2D eigenvalue weighted by Crippen LogP contribution is -2.30. The number of hydrogen-bond donors (Lipinski definition) is 3. The summed E-state index contributed by atoms with van der Waals surface area (Å²) in [6, 6.07) is 0. The molecule has 0 fully saturated rings. The Labute approximate surface area is 640 Å². The third kappa shape index (κ3) is 76.1. The van der Waals surface area contributed by atoms with Gasteiger partial charge in [0.15, 0.2) is 12.2 Å². The molecule has 0 aromatic carbocycles. The molecule has 0 aliphatic carbocycles. The second-order valence-electron chi connectivity index (χ2n) is 25.5. The lowest BCUT2D eigenvalue weighted by Gasteiger charge is -2.21. The normalized spacial score (nSPS) is 14.9. The van der Waals surface area contributed by atoms with E-state index >= 15 is 0 Å². The minimum Gasteiger partial charge on any atom is -0.462 e. The van der Waals surface area contributed by atoms with Gasteiger partial charge in [-0.05, 0) is 141 Å². The van der Waals surface area contributed by atoms with Crippen LogP contribution in [0.3, 0.4) is 0 Å². The van der Waals surface area contributed by atoms with Crippen LogP contribution >= 0.6 is 15.6 Å². The largest absolute Gasteiger partial charge is 0.472 e. The standard InChI is InChI=1S/C87H138O17P2/c1-5-9-13-17-21-25-29-32-35-38-40-43-45-48-52-55-59-63-67-71-84(89)97-77-82(103-86(91)73-69-65-61-57-51-28-24-20-16-12-8-4)79-101-105(93,94)99-75-81(88)76-100-106(95,96)102-80-83(104-87(92)74-70-66-62-58-54-50-47-42-37-34-31-27-23-19-15-11-7-3)78-98-85(90)72-68-64-60-56-53-49-46-44-41-39-36-33-30-26-22-18-14-10-6-2/h9-11,13-15,21-23,25-27,32-37,40-41,43-44,47-50,52-53,59-60,63-64,81-83,88H,5-8,12,16-20,24,28-31,38-39,42,45-46,51,54-58,61-62,65-80H2,1-4H3,(H,93,94)(H,95,96)/b13-9-,14-10-,15-11-,25-21-,26-22-,27-23-,35-32-,36-33-,37-34-,43-40-,44-41-,50-47-,52-48-,53-49-,63-59-,64-60-. The number of rotatable bonds is 72. The molecule has 0 saturated heterocycles. The quantitative estimate of drug-likeness (QED) is 0.0169. The molecule has 106 heavy (non-hydrogen) atoms. The third-order valence-electron chi connectivity index (χ3n) is 15.6. The first-order valence-electron chi connectivity index (χ1n) is 39.7. The smallest absolute Gasteiger partial charge is 0.462 e. The van der Waals surface area contributed by atoms with Gasteiger partial charge in [0.25, 0.3) is 0 Å². The van der Waals surface area contributed by atoms with E-state index in [0.717, 1.165) is 141 Å². The highest BCUT2D eigenvalue weighted by molar-refractivity contribution is 7.47. The summed E-state index contributed by atoms with van der Waals surface area (Å²) in [5.41, 5.74) is 0. The van der Waals surface area contributed by atoms with E-state index in [2.05, 4.69) is 186 Å². The maximum Gasteiger partial charge on any atom is 0.472 e. The number of ether oxygens (including phenoxy) is 4. The highest BCUT2D eigenvalue weighted by Gasteiger charge is 2.30. The number of phosphoric ester groups is 2. The van der Waals surface area contributed by atoms with Gasteiger partial charge in [-0.1, -0.05) is 299 Å². The molecule has 598 valence electrons. The van der Waals surface area contributed by atoms with Crippen molar-refractivity contribution in [2.24, 2.45) is 0 Å². The van der Waals surface area contributed by atoms with Crippen LogP contribution in [0.5, 0.6) is 0 Å². The molecule has 3 N–H and O–H groups in total. The molecule has 0 spiro atoms. The Morgan fingerprint density at radius 3 is 0.792 bits per heavy atom. The number of aliphatic hydroxyl groups is 1. The van der Waals surface area contributed by atoms with Crippen LogP contribution in [-0.4, -0.2) is 96.7 Å². The molecule has 0 rings (SSSR count). The second kappa shape index (κ2) is 77.1. The Morgan fingerprint density at radius 1 is 0.274 bits per heavy atom. The van der Waals surface area contributed by atoms with E-state index in [4.69, 9.17) is 37.0 Å².